The van der Waals surface area contributed by atoms with E-state index in [0.29, 0.717) is 11.9 Å². The van der Waals surface area contributed by atoms with Gasteiger partial charge in [-0.05, 0) is 32.6 Å². The number of anilines is 2. The summed E-state index contributed by atoms with van der Waals surface area (Å²) in [5.74, 6) is 1.39. The summed E-state index contributed by atoms with van der Waals surface area (Å²) in [6, 6.07) is 0.390. The van der Waals surface area contributed by atoms with Crippen LogP contribution in [0.5, 0.6) is 0 Å². The molecule has 1 aromatic rings. The Bertz CT molecular complexity index is 431. The van der Waals surface area contributed by atoms with Gasteiger partial charge in [-0.25, -0.2) is 9.97 Å². The van der Waals surface area contributed by atoms with Gasteiger partial charge in [-0.1, -0.05) is 13.8 Å². The molecule has 0 aromatic carbocycles. The van der Waals surface area contributed by atoms with Crippen LogP contribution in [0.15, 0.2) is 6.33 Å². The first kappa shape index (κ1) is 14.1. The molecule has 106 valence electrons. The summed E-state index contributed by atoms with van der Waals surface area (Å²) in [6.45, 7) is 7.14. The van der Waals surface area contributed by atoms with Crippen molar-refractivity contribution in [2.24, 2.45) is 0 Å². The first-order chi connectivity index (χ1) is 9.10. The molecular weight excluding hydrogens is 240 g/mol. The SMILES string of the molecule is CCC1(CC)CC(Nc2ncnc(N)c2C)CCO1. The molecule has 1 atom stereocenters. The van der Waals surface area contributed by atoms with E-state index < -0.39 is 0 Å². The fraction of sp³-hybridized carbons (Fsp3) is 0.714. The van der Waals surface area contributed by atoms with Gasteiger partial charge in [0.1, 0.15) is 18.0 Å². The quantitative estimate of drug-likeness (QED) is 0.874. The molecule has 1 unspecified atom stereocenters. The molecule has 3 N–H and O–H groups in total. The van der Waals surface area contributed by atoms with Crippen LogP contribution in [0.2, 0.25) is 0 Å². The Morgan fingerprint density at radius 2 is 2.16 bits per heavy atom. The molecule has 0 spiro atoms. The Balaban J connectivity index is 2.09. The molecule has 1 saturated heterocycles. The average Bonchev–Trinajstić information content (AvgIpc) is 2.44. The third kappa shape index (κ3) is 2.97. The van der Waals surface area contributed by atoms with Crippen molar-refractivity contribution in [3.05, 3.63) is 11.9 Å². The van der Waals surface area contributed by atoms with E-state index in [1.54, 1.807) is 0 Å². The monoisotopic (exact) mass is 264 g/mol. The zero-order valence-electron chi connectivity index (χ0n) is 12.1. The minimum Gasteiger partial charge on any atom is -0.383 e. The lowest BCUT2D eigenvalue weighted by Crippen LogP contribution is -2.43. The minimum atomic E-state index is 0.0163. The van der Waals surface area contributed by atoms with Gasteiger partial charge >= 0.3 is 0 Å². The largest absolute Gasteiger partial charge is 0.383 e. The van der Waals surface area contributed by atoms with E-state index in [9.17, 15) is 0 Å². The number of hydrogen-bond donors (Lipinski definition) is 2. The summed E-state index contributed by atoms with van der Waals surface area (Å²) in [5.41, 5.74) is 6.76. The van der Waals surface area contributed by atoms with Gasteiger partial charge < -0.3 is 15.8 Å². The standard InChI is InChI=1S/C14H24N4O/c1-4-14(5-2)8-11(6-7-19-14)18-13-10(3)12(15)16-9-17-13/h9,11H,4-8H2,1-3H3,(H3,15,16,17,18). The van der Waals surface area contributed by atoms with E-state index in [2.05, 4.69) is 29.1 Å². The van der Waals surface area contributed by atoms with Crippen molar-refractivity contribution in [1.82, 2.24) is 9.97 Å². The van der Waals surface area contributed by atoms with Crippen LogP contribution in [0.25, 0.3) is 0 Å². The number of rotatable bonds is 4. The van der Waals surface area contributed by atoms with Crippen LogP contribution >= 0.6 is 0 Å². The second-order valence-electron chi connectivity index (χ2n) is 5.31. The van der Waals surface area contributed by atoms with Crippen molar-refractivity contribution >= 4 is 11.6 Å². The number of nitrogens with zero attached hydrogens (tertiary/aromatic N) is 2. The highest BCUT2D eigenvalue weighted by molar-refractivity contribution is 5.54. The van der Waals surface area contributed by atoms with Crippen molar-refractivity contribution < 1.29 is 4.74 Å². The van der Waals surface area contributed by atoms with Gasteiger partial charge in [-0.2, -0.15) is 0 Å². The molecule has 0 amide bonds. The van der Waals surface area contributed by atoms with Gasteiger partial charge in [-0.3, -0.25) is 0 Å². The zero-order valence-corrected chi connectivity index (χ0v) is 12.1. The second-order valence-corrected chi connectivity index (χ2v) is 5.31. The number of ether oxygens (including phenoxy) is 1. The van der Waals surface area contributed by atoms with Crippen LogP contribution in [0.4, 0.5) is 11.6 Å². The van der Waals surface area contributed by atoms with Gasteiger partial charge in [0.05, 0.1) is 5.60 Å². The molecule has 1 aliphatic rings. The van der Waals surface area contributed by atoms with Gasteiger partial charge in [-0.15, -0.1) is 0 Å². The van der Waals surface area contributed by atoms with E-state index in [4.69, 9.17) is 10.5 Å². The molecule has 1 aromatic heterocycles. The fourth-order valence-electron chi connectivity index (χ4n) is 2.70. The summed E-state index contributed by atoms with van der Waals surface area (Å²) in [4.78, 5) is 8.28. The Hall–Kier alpha value is -1.36. The highest BCUT2D eigenvalue weighted by Crippen LogP contribution is 2.33. The lowest BCUT2D eigenvalue weighted by Gasteiger charge is -2.40. The first-order valence-corrected chi connectivity index (χ1v) is 7.08. The summed E-state index contributed by atoms with van der Waals surface area (Å²) in [5, 5.41) is 3.50. The van der Waals surface area contributed by atoms with Gasteiger partial charge in [0.25, 0.3) is 0 Å². The topological polar surface area (TPSA) is 73.1 Å². The smallest absolute Gasteiger partial charge is 0.134 e. The van der Waals surface area contributed by atoms with E-state index in [1.807, 2.05) is 6.92 Å². The number of hydrogen-bond acceptors (Lipinski definition) is 5. The maximum absolute atomic E-state index is 5.99. The molecule has 0 radical (unpaired) electrons. The number of nitrogen functional groups attached to an aromatic ring is 1. The zero-order chi connectivity index (χ0) is 13.9. The highest BCUT2D eigenvalue weighted by Gasteiger charge is 2.34. The summed E-state index contributed by atoms with van der Waals surface area (Å²) >= 11 is 0. The van der Waals surface area contributed by atoms with E-state index >= 15 is 0 Å². The molecule has 5 heteroatoms. The Morgan fingerprint density at radius 3 is 2.84 bits per heavy atom. The normalized spacial score (nSPS) is 22.2. The molecule has 2 rings (SSSR count). The average molecular weight is 264 g/mol. The fourth-order valence-corrected chi connectivity index (χ4v) is 2.70. The Morgan fingerprint density at radius 1 is 1.42 bits per heavy atom. The van der Waals surface area contributed by atoms with Gasteiger partial charge in [0.2, 0.25) is 0 Å². The van der Waals surface area contributed by atoms with Crippen molar-refractivity contribution in [3.8, 4) is 0 Å². The maximum Gasteiger partial charge on any atom is 0.134 e. The maximum atomic E-state index is 5.99. The Labute approximate surface area is 115 Å². The van der Waals surface area contributed by atoms with E-state index in [1.165, 1.54) is 6.33 Å². The molecule has 0 bridgehead atoms. The summed E-state index contributed by atoms with van der Waals surface area (Å²) in [6.07, 6.45) is 5.63. The van der Waals surface area contributed by atoms with Crippen LogP contribution in [0, 0.1) is 6.92 Å². The van der Waals surface area contributed by atoms with Crippen LogP contribution < -0.4 is 11.1 Å². The molecule has 1 fully saturated rings. The van der Waals surface area contributed by atoms with Crippen molar-refractivity contribution in [2.45, 2.75) is 58.1 Å². The molecule has 0 saturated carbocycles. The second kappa shape index (κ2) is 5.74. The molecule has 0 aliphatic carbocycles. The predicted molar refractivity (Wildman–Crippen MR) is 77.1 cm³/mol. The third-order valence-electron chi connectivity index (χ3n) is 4.25. The van der Waals surface area contributed by atoms with E-state index in [-0.39, 0.29) is 5.60 Å². The minimum absolute atomic E-state index is 0.0163. The van der Waals surface area contributed by atoms with Crippen molar-refractivity contribution in [3.63, 3.8) is 0 Å². The van der Waals surface area contributed by atoms with Gasteiger partial charge in [0.15, 0.2) is 0 Å². The Kier molecular flexibility index (Phi) is 4.24. The molecule has 1 aliphatic heterocycles. The lowest BCUT2D eigenvalue weighted by atomic mass is 9.86. The van der Waals surface area contributed by atoms with E-state index in [0.717, 1.165) is 43.7 Å². The van der Waals surface area contributed by atoms with Crippen LogP contribution in [0.3, 0.4) is 0 Å². The number of nitrogens with one attached hydrogen (secondary N) is 1. The lowest BCUT2D eigenvalue weighted by molar-refractivity contribution is -0.0864. The third-order valence-corrected chi connectivity index (χ3v) is 4.25. The van der Waals surface area contributed by atoms with Crippen LogP contribution in [-0.2, 0) is 4.74 Å². The van der Waals surface area contributed by atoms with Crippen LogP contribution in [0.1, 0.15) is 45.1 Å². The molecule has 2 heterocycles. The molecule has 5 nitrogen and oxygen atoms in total. The number of nitrogens with two attached hydrogens (primary N) is 1. The molecule has 19 heavy (non-hydrogen) atoms. The summed E-state index contributed by atoms with van der Waals surface area (Å²) in [7, 11) is 0. The summed E-state index contributed by atoms with van der Waals surface area (Å²) < 4.78 is 5.99. The number of aromatic nitrogens is 2. The van der Waals surface area contributed by atoms with Crippen molar-refractivity contribution in [2.75, 3.05) is 17.7 Å². The first-order valence-electron chi connectivity index (χ1n) is 7.08. The van der Waals surface area contributed by atoms with Crippen LogP contribution in [-0.4, -0.2) is 28.2 Å². The van der Waals surface area contributed by atoms with Gasteiger partial charge in [0, 0.05) is 18.2 Å². The molecular formula is C14H24N4O. The van der Waals surface area contributed by atoms with Crippen molar-refractivity contribution in [1.29, 1.82) is 0 Å². The highest BCUT2D eigenvalue weighted by atomic mass is 16.5. The predicted octanol–water partition coefficient (Wildman–Crippen LogP) is 2.52.